The Morgan fingerprint density at radius 1 is 1.12 bits per heavy atom. The number of rotatable bonds is 4. The summed E-state index contributed by atoms with van der Waals surface area (Å²) in [6, 6.07) is 2.22. The van der Waals surface area contributed by atoms with Gasteiger partial charge in [-0.3, -0.25) is 4.90 Å². The van der Waals surface area contributed by atoms with Crippen molar-refractivity contribution in [1.29, 1.82) is 0 Å². The summed E-state index contributed by atoms with van der Waals surface area (Å²) in [6.45, 7) is 1.88. The third-order valence-electron chi connectivity index (χ3n) is 3.58. The van der Waals surface area contributed by atoms with Gasteiger partial charge >= 0.3 is 12.5 Å². The second kappa shape index (κ2) is 7.37. The fourth-order valence-electron chi connectivity index (χ4n) is 2.60. The zero-order valence-corrected chi connectivity index (χ0v) is 13.1. The molecular weight excluding hydrogens is 362 g/mol. The van der Waals surface area contributed by atoms with Crippen LogP contribution >= 0.6 is 11.6 Å². The smallest absolute Gasteiger partial charge is 0.404 e. The van der Waals surface area contributed by atoms with Gasteiger partial charge in [0.1, 0.15) is 5.75 Å². The first-order valence-corrected chi connectivity index (χ1v) is 7.50. The largest absolute Gasteiger partial charge is 0.573 e. The van der Waals surface area contributed by atoms with Gasteiger partial charge in [0.15, 0.2) is 0 Å². The summed E-state index contributed by atoms with van der Waals surface area (Å²) < 4.78 is 79.2. The highest BCUT2D eigenvalue weighted by molar-refractivity contribution is 6.32. The highest BCUT2D eigenvalue weighted by atomic mass is 35.5. The molecule has 1 N–H and O–H groups in total. The van der Waals surface area contributed by atoms with Crippen molar-refractivity contribution in [2.24, 2.45) is 0 Å². The molecule has 0 unspecified atom stereocenters. The van der Waals surface area contributed by atoms with E-state index in [0.29, 0.717) is 26.2 Å². The Labute approximate surface area is 139 Å². The molecule has 1 fully saturated rings. The van der Waals surface area contributed by atoms with E-state index in [9.17, 15) is 26.3 Å². The van der Waals surface area contributed by atoms with E-state index >= 15 is 0 Å². The van der Waals surface area contributed by atoms with Gasteiger partial charge in [0.25, 0.3) is 0 Å². The van der Waals surface area contributed by atoms with Gasteiger partial charge in [0, 0.05) is 32.2 Å². The molecule has 1 aliphatic rings. The lowest BCUT2D eigenvalue weighted by atomic mass is 10.0. The van der Waals surface area contributed by atoms with Crippen molar-refractivity contribution in [1.82, 2.24) is 10.2 Å². The number of ether oxygens (including phenoxy) is 1. The third kappa shape index (κ3) is 5.71. The summed E-state index contributed by atoms with van der Waals surface area (Å²) in [6.07, 6.45) is -10.4. The van der Waals surface area contributed by atoms with Gasteiger partial charge < -0.3 is 10.1 Å². The average Bonchev–Trinajstić information content (AvgIpc) is 2.46. The topological polar surface area (TPSA) is 24.5 Å². The van der Waals surface area contributed by atoms with Crippen LogP contribution in [0.5, 0.6) is 5.75 Å². The van der Waals surface area contributed by atoms with Crippen LogP contribution in [-0.4, -0.2) is 43.6 Å². The highest BCUT2D eigenvalue weighted by Gasteiger charge is 2.37. The monoisotopic (exact) mass is 376 g/mol. The van der Waals surface area contributed by atoms with E-state index in [1.54, 1.807) is 4.90 Å². The molecule has 1 atom stereocenters. The van der Waals surface area contributed by atoms with E-state index in [0.717, 1.165) is 12.1 Å². The molecule has 0 radical (unpaired) electrons. The molecule has 3 nitrogen and oxygen atoms in total. The van der Waals surface area contributed by atoms with Crippen LogP contribution < -0.4 is 10.1 Å². The Hall–Kier alpha value is -1.19. The van der Waals surface area contributed by atoms with Crippen LogP contribution in [0.2, 0.25) is 5.02 Å². The van der Waals surface area contributed by atoms with Gasteiger partial charge in [-0.05, 0) is 17.7 Å². The first-order chi connectivity index (χ1) is 11.1. The van der Waals surface area contributed by atoms with Crippen LogP contribution in [0.4, 0.5) is 26.3 Å². The lowest BCUT2D eigenvalue weighted by molar-refractivity contribution is -0.274. The molecular formula is C14H15ClF6N2O. The minimum Gasteiger partial charge on any atom is -0.404 e. The molecule has 0 aromatic heterocycles. The fourth-order valence-corrected chi connectivity index (χ4v) is 2.83. The molecule has 24 heavy (non-hydrogen) atoms. The predicted molar refractivity (Wildman–Crippen MR) is 76.0 cm³/mol. The highest BCUT2D eigenvalue weighted by Crippen LogP contribution is 2.38. The molecule has 0 saturated carbocycles. The van der Waals surface area contributed by atoms with Crippen LogP contribution in [0.1, 0.15) is 18.0 Å². The number of hydrogen-bond donors (Lipinski definition) is 1. The summed E-state index contributed by atoms with van der Waals surface area (Å²) in [5.74, 6) is -0.640. The Morgan fingerprint density at radius 3 is 2.25 bits per heavy atom. The second-order valence-corrected chi connectivity index (χ2v) is 5.77. The molecule has 0 aliphatic carbocycles. The van der Waals surface area contributed by atoms with Crippen molar-refractivity contribution in [3.05, 3.63) is 28.8 Å². The van der Waals surface area contributed by atoms with Crippen molar-refractivity contribution < 1.29 is 31.1 Å². The summed E-state index contributed by atoms with van der Waals surface area (Å²) in [7, 11) is 0. The van der Waals surface area contributed by atoms with Crippen molar-refractivity contribution in [3.63, 3.8) is 0 Å². The Kier molecular flexibility index (Phi) is 5.87. The number of alkyl halides is 6. The molecule has 1 aromatic carbocycles. The third-order valence-corrected chi connectivity index (χ3v) is 3.88. The number of halogens is 7. The summed E-state index contributed by atoms with van der Waals surface area (Å²) in [5, 5.41) is 2.65. The van der Waals surface area contributed by atoms with Crippen LogP contribution in [0.15, 0.2) is 18.2 Å². The van der Waals surface area contributed by atoms with Crippen molar-refractivity contribution >= 4 is 11.6 Å². The predicted octanol–water partition coefficient (Wildman–Crippen LogP) is 4.14. The molecule has 10 heteroatoms. The van der Waals surface area contributed by atoms with E-state index in [2.05, 4.69) is 10.1 Å². The van der Waals surface area contributed by atoms with E-state index < -0.39 is 30.8 Å². The lowest BCUT2D eigenvalue weighted by Crippen LogP contribution is -2.46. The van der Waals surface area contributed by atoms with Crippen molar-refractivity contribution in [2.75, 3.05) is 26.2 Å². The van der Waals surface area contributed by atoms with Gasteiger partial charge in [-0.15, -0.1) is 13.2 Å². The zero-order valence-electron chi connectivity index (χ0n) is 12.3. The van der Waals surface area contributed by atoms with Crippen LogP contribution in [0.25, 0.3) is 0 Å². The number of hydrogen-bond acceptors (Lipinski definition) is 3. The lowest BCUT2D eigenvalue weighted by Gasteiger charge is -2.35. The van der Waals surface area contributed by atoms with Crippen molar-refractivity contribution in [3.8, 4) is 5.75 Å². The Bertz CT molecular complexity index is 557. The minimum absolute atomic E-state index is 0.203. The average molecular weight is 377 g/mol. The Morgan fingerprint density at radius 2 is 1.75 bits per heavy atom. The van der Waals surface area contributed by atoms with Crippen LogP contribution in [0, 0.1) is 0 Å². The van der Waals surface area contributed by atoms with E-state index in [1.165, 1.54) is 6.07 Å². The maximum absolute atomic E-state index is 12.9. The molecule has 0 spiro atoms. The maximum atomic E-state index is 12.9. The number of nitrogens with one attached hydrogen (secondary N) is 1. The normalized spacial score (nSPS) is 18.5. The molecule has 1 aromatic rings. The molecule has 0 amide bonds. The van der Waals surface area contributed by atoms with Crippen molar-refractivity contribution in [2.45, 2.75) is 25.0 Å². The second-order valence-electron chi connectivity index (χ2n) is 5.36. The quantitative estimate of drug-likeness (QED) is 0.799. The number of nitrogens with zero attached hydrogens (tertiary/aromatic N) is 1. The maximum Gasteiger partial charge on any atom is 0.573 e. The van der Waals surface area contributed by atoms with E-state index in [4.69, 9.17) is 11.6 Å². The Balaban J connectivity index is 2.26. The van der Waals surface area contributed by atoms with Gasteiger partial charge in [0.05, 0.1) is 11.4 Å². The molecule has 136 valence electrons. The summed E-state index contributed by atoms with van der Waals surface area (Å²) in [5.41, 5.74) is 0.203. The first-order valence-electron chi connectivity index (χ1n) is 7.12. The SMILES string of the molecule is FC(F)(F)C[C@H](c1ccc(OC(F)(F)F)c(Cl)c1)N1CCNCC1. The minimum atomic E-state index is -4.92. The first kappa shape index (κ1) is 19.1. The molecule has 0 bridgehead atoms. The van der Waals surface area contributed by atoms with Crippen LogP contribution in [0.3, 0.4) is 0 Å². The summed E-state index contributed by atoms with van der Waals surface area (Å²) >= 11 is 5.75. The molecule has 1 aliphatic heterocycles. The summed E-state index contributed by atoms with van der Waals surface area (Å²) in [4.78, 5) is 1.64. The van der Waals surface area contributed by atoms with Gasteiger partial charge in [-0.25, -0.2) is 0 Å². The molecule has 1 heterocycles. The van der Waals surface area contributed by atoms with Gasteiger partial charge in [-0.2, -0.15) is 13.2 Å². The standard InChI is InChI=1S/C14H15ClF6N2O/c15-10-7-9(1-2-12(10)24-14(19,20)21)11(8-13(16,17)18)23-5-3-22-4-6-23/h1-2,7,11,22H,3-6,8H2/t11-/m1/s1. The van der Waals surface area contributed by atoms with Gasteiger partial charge in [-0.1, -0.05) is 17.7 Å². The molecule has 1 saturated heterocycles. The molecule has 2 rings (SSSR count). The van der Waals surface area contributed by atoms with Gasteiger partial charge in [0.2, 0.25) is 0 Å². The van der Waals surface area contributed by atoms with Crippen LogP contribution in [-0.2, 0) is 0 Å². The number of benzene rings is 1. The van der Waals surface area contributed by atoms with E-state index in [1.807, 2.05) is 0 Å². The fraction of sp³-hybridized carbons (Fsp3) is 0.571. The van der Waals surface area contributed by atoms with E-state index in [-0.39, 0.29) is 10.6 Å². The zero-order chi connectivity index (χ0) is 18.0. The number of piperazine rings is 1.